The molecule has 0 amide bonds. The average Bonchev–Trinajstić information content (AvgIpc) is 2.89. The highest BCUT2D eigenvalue weighted by atomic mass is 16.5. The van der Waals surface area contributed by atoms with Gasteiger partial charge < -0.3 is 14.6 Å². The third-order valence-corrected chi connectivity index (χ3v) is 2.70. The van der Waals surface area contributed by atoms with E-state index in [2.05, 4.69) is 25.4 Å². The molecule has 2 aromatic heterocycles. The van der Waals surface area contributed by atoms with E-state index in [0.29, 0.717) is 30.4 Å². The van der Waals surface area contributed by atoms with E-state index in [1.807, 2.05) is 0 Å². The van der Waals surface area contributed by atoms with E-state index in [4.69, 9.17) is 9.26 Å². The van der Waals surface area contributed by atoms with Crippen LogP contribution in [0.5, 0.6) is 0 Å². The first kappa shape index (κ1) is 11.2. The zero-order valence-electron chi connectivity index (χ0n) is 9.74. The molecule has 94 valence electrons. The minimum Gasteiger partial charge on any atom is -0.378 e. The van der Waals surface area contributed by atoms with Crippen molar-refractivity contribution in [1.29, 1.82) is 0 Å². The molecule has 1 atom stereocenters. The van der Waals surface area contributed by atoms with Crippen molar-refractivity contribution in [2.24, 2.45) is 0 Å². The van der Waals surface area contributed by atoms with Crippen LogP contribution in [0.4, 0.5) is 0 Å². The maximum absolute atomic E-state index is 5.37. The number of aromatic nitrogens is 4. The quantitative estimate of drug-likeness (QED) is 0.820. The third kappa shape index (κ3) is 2.52. The highest BCUT2D eigenvalue weighted by Crippen LogP contribution is 2.12. The van der Waals surface area contributed by atoms with Gasteiger partial charge in [0.2, 0.25) is 11.7 Å². The summed E-state index contributed by atoms with van der Waals surface area (Å²) in [6.45, 7) is 2.29. The summed E-state index contributed by atoms with van der Waals surface area (Å²) in [5, 5.41) is 7.25. The van der Waals surface area contributed by atoms with E-state index in [0.717, 1.165) is 13.2 Å². The first-order valence-corrected chi connectivity index (χ1v) is 5.82. The maximum Gasteiger partial charge on any atom is 0.228 e. The third-order valence-electron chi connectivity index (χ3n) is 2.70. The highest BCUT2D eigenvalue weighted by molar-refractivity contribution is 5.46. The SMILES string of the molecule is c1cc(-c2noc(CC3COCCN3)n2)ncn1. The summed E-state index contributed by atoms with van der Waals surface area (Å²) in [6, 6.07) is 1.98. The Balaban J connectivity index is 1.69. The lowest BCUT2D eigenvalue weighted by Gasteiger charge is -2.22. The Kier molecular flexibility index (Phi) is 3.24. The monoisotopic (exact) mass is 247 g/mol. The fraction of sp³-hybridized carbons (Fsp3) is 0.455. The van der Waals surface area contributed by atoms with Crippen LogP contribution in [0.25, 0.3) is 11.5 Å². The van der Waals surface area contributed by atoms with Crippen molar-refractivity contribution in [2.45, 2.75) is 12.5 Å². The summed E-state index contributed by atoms with van der Waals surface area (Å²) in [4.78, 5) is 12.2. The lowest BCUT2D eigenvalue weighted by Crippen LogP contribution is -2.42. The molecule has 0 saturated carbocycles. The van der Waals surface area contributed by atoms with Crippen molar-refractivity contribution >= 4 is 0 Å². The molecule has 1 aliphatic rings. The second-order valence-electron chi connectivity index (χ2n) is 4.04. The number of hydrogen-bond acceptors (Lipinski definition) is 7. The normalized spacial score (nSPS) is 19.9. The van der Waals surface area contributed by atoms with Gasteiger partial charge in [-0.05, 0) is 6.07 Å². The fourth-order valence-electron chi connectivity index (χ4n) is 1.83. The van der Waals surface area contributed by atoms with Crippen LogP contribution in [0, 0.1) is 0 Å². The number of morpholine rings is 1. The van der Waals surface area contributed by atoms with E-state index in [-0.39, 0.29) is 6.04 Å². The van der Waals surface area contributed by atoms with Gasteiger partial charge in [-0.15, -0.1) is 0 Å². The van der Waals surface area contributed by atoms with Crippen molar-refractivity contribution in [2.75, 3.05) is 19.8 Å². The molecule has 0 spiro atoms. The zero-order chi connectivity index (χ0) is 12.2. The number of nitrogens with zero attached hydrogens (tertiary/aromatic N) is 4. The number of rotatable bonds is 3. The molecule has 18 heavy (non-hydrogen) atoms. The molecular formula is C11H13N5O2. The summed E-state index contributed by atoms with van der Waals surface area (Å²) < 4.78 is 10.6. The molecule has 0 bridgehead atoms. The summed E-state index contributed by atoms with van der Waals surface area (Å²) >= 11 is 0. The van der Waals surface area contributed by atoms with Gasteiger partial charge in [-0.2, -0.15) is 4.98 Å². The van der Waals surface area contributed by atoms with Gasteiger partial charge in [-0.25, -0.2) is 9.97 Å². The molecule has 0 aromatic carbocycles. The minimum absolute atomic E-state index is 0.234. The van der Waals surface area contributed by atoms with Crippen LogP contribution in [0.2, 0.25) is 0 Å². The minimum atomic E-state index is 0.234. The number of nitrogens with one attached hydrogen (secondary N) is 1. The van der Waals surface area contributed by atoms with E-state index in [9.17, 15) is 0 Å². The van der Waals surface area contributed by atoms with Crippen molar-refractivity contribution in [1.82, 2.24) is 25.4 Å². The summed E-state index contributed by atoms with van der Waals surface area (Å²) in [5.41, 5.74) is 0.660. The van der Waals surface area contributed by atoms with Crippen molar-refractivity contribution in [3.63, 3.8) is 0 Å². The van der Waals surface area contributed by atoms with Crippen LogP contribution < -0.4 is 5.32 Å². The van der Waals surface area contributed by atoms with E-state index >= 15 is 0 Å². The molecule has 1 aliphatic heterocycles. The van der Waals surface area contributed by atoms with Gasteiger partial charge in [0.1, 0.15) is 12.0 Å². The number of ether oxygens (including phenoxy) is 1. The van der Waals surface area contributed by atoms with Crippen LogP contribution in [0.3, 0.4) is 0 Å². The lowest BCUT2D eigenvalue weighted by molar-refractivity contribution is 0.0744. The first-order chi connectivity index (χ1) is 8.92. The zero-order valence-corrected chi connectivity index (χ0v) is 9.74. The Bertz CT molecular complexity index is 495. The Morgan fingerprint density at radius 3 is 3.22 bits per heavy atom. The van der Waals surface area contributed by atoms with Gasteiger partial charge >= 0.3 is 0 Å². The van der Waals surface area contributed by atoms with Crippen LogP contribution in [-0.4, -0.2) is 45.9 Å². The van der Waals surface area contributed by atoms with Crippen LogP contribution in [0.15, 0.2) is 23.1 Å². The molecule has 7 heteroatoms. The predicted octanol–water partition coefficient (Wildman–Crippen LogP) is 0.0575. The largest absolute Gasteiger partial charge is 0.378 e. The van der Waals surface area contributed by atoms with Crippen molar-refractivity contribution in [3.8, 4) is 11.5 Å². The summed E-state index contributed by atoms with van der Waals surface area (Å²) in [7, 11) is 0. The predicted molar refractivity (Wildman–Crippen MR) is 61.6 cm³/mol. The Morgan fingerprint density at radius 2 is 2.44 bits per heavy atom. The topological polar surface area (TPSA) is 86.0 Å². The standard InChI is InChI=1S/C11H13N5O2/c1-2-12-7-14-9(1)11-15-10(18-16-11)5-8-6-17-4-3-13-8/h1-2,7-8,13H,3-6H2. The molecule has 0 radical (unpaired) electrons. The maximum atomic E-state index is 5.37. The molecule has 0 aliphatic carbocycles. The van der Waals surface area contributed by atoms with Gasteiger partial charge in [0, 0.05) is 25.2 Å². The Morgan fingerprint density at radius 1 is 1.44 bits per heavy atom. The molecule has 1 saturated heterocycles. The molecule has 2 aromatic rings. The molecule has 1 N–H and O–H groups in total. The molecule has 7 nitrogen and oxygen atoms in total. The van der Waals surface area contributed by atoms with Gasteiger partial charge in [-0.3, -0.25) is 0 Å². The Hall–Kier alpha value is -1.86. The van der Waals surface area contributed by atoms with Crippen molar-refractivity contribution < 1.29 is 9.26 Å². The van der Waals surface area contributed by atoms with E-state index in [1.54, 1.807) is 12.3 Å². The summed E-state index contributed by atoms with van der Waals surface area (Å²) in [6.07, 6.45) is 3.77. The van der Waals surface area contributed by atoms with Gasteiger partial charge in [-0.1, -0.05) is 5.16 Å². The molecule has 1 unspecified atom stereocenters. The van der Waals surface area contributed by atoms with E-state index < -0.39 is 0 Å². The van der Waals surface area contributed by atoms with E-state index in [1.165, 1.54) is 6.33 Å². The highest BCUT2D eigenvalue weighted by Gasteiger charge is 2.18. The average molecular weight is 247 g/mol. The van der Waals surface area contributed by atoms with Gasteiger partial charge in [0.05, 0.1) is 13.2 Å². The van der Waals surface area contributed by atoms with Crippen LogP contribution in [0.1, 0.15) is 5.89 Å². The molecule has 3 rings (SSSR count). The smallest absolute Gasteiger partial charge is 0.228 e. The Labute approximate surface area is 104 Å². The first-order valence-electron chi connectivity index (χ1n) is 5.82. The summed E-state index contributed by atoms with van der Waals surface area (Å²) in [5.74, 6) is 1.08. The molecule has 3 heterocycles. The van der Waals surface area contributed by atoms with Crippen LogP contribution in [-0.2, 0) is 11.2 Å². The van der Waals surface area contributed by atoms with Crippen molar-refractivity contribution in [3.05, 3.63) is 24.5 Å². The fourth-order valence-corrected chi connectivity index (χ4v) is 1.83. The lowest BCUT2D eigenvalue weighted by atomic mass is 10.2. The second-order valence-corrected chi connectivity index (χ2v) is 4.04. The molecular weight excluding hydrogens is 234 g/mol. The van der Waals surface area contributed by atoms with Crippen LogP contribution >= 0.6 is 0 Å². The second kappa shape index (κ2) is 5.19. The van der Waals surface area contributed by atoms with Gasteiger partial charge in [0.15, 0.2) is 0 Å². The van der Waals surface area contributed by atoms with Gasteiger partial charge in [0.25, 0.3) is 0 Å². The molecule has 1 fully saturated rings. The number of hydrogen-bond donors (Lipinski definition) is 1.